The average Bonchev–Trinajstić information content (AvgIpc) is 3.45. The highest BCUT2D eigenvalue weighted by molar-refractivity contribution is 5.45. The number of para-hydroxylation sites is 1. The van der Waals surface area contributed by atoms with Crippen LogP contribution in [0, 0.1) is 0 Å². The number of anilines is 2. The van der Waals surface area contributed by atoms with Gasteiger partial charge in [0.15, 0.2) is 0 Å². The fourth-order valence-electron chi connectivity index (χ4n) is 2.65. The molecule has 1 saturated carbocycles. The fourth-order valence-corrected chi connectivity index (χ4v) is 2.65. The number of benzene rings is 1. The first-order valence-corrected chi connectivity index (χ1v) is 8.79. The van der Waals surface area contributed by atoms with Gasteiger partial charge < -0.3 is 20.3 Å². The molecule has 0 bridgehead atoms. The minimum atomic E-state index is 0.587. The molecule has 134 valence electrons. The Labute approximate surface area is 149 Å². The van der Waals surface area contributed by atoms with E-state index in [0.717, 1.165) is 35.9 Å². The van der Waals surface area contributed by atoms with Gasteiger partial charge in [0.05, 0.1) is 12.8 Å². The minimum Gasteiger partial charge on any atom is -0.496 e. The Hall–Kier alpha value is -2.34. The summed E-state index contributed by atoms with van der Waals surface area (Å²) in [4.78, 5) is 11.4. The van der Waals surface area contributed by atoms with Crippen LogP contribution in [0.4, 0.5) is 11.8 Å². The summed E-state index contributed by atoms with van der Waals surface area (Å²) in [7, 11) is 5.81. The molecule has 2 N–H and O–H groups in total. The molecule has 1 aromatic heterocycles. The number of likely N-dealkylation sites (N-methyl/N-ethyl adjacent to an activating group) is 1. The van der Waals surface area contributed by atoms with Crippen molar-refractivity contribution in [3.8, 4) is 5.75 Å². The van der Waals surface area contributed by atoms with Gasteiger partial charge >= 0.3 is 0 Å². The standard InChI is InChI=1S/C19H27N5O/c1-24(2)11-10-20-19-22-16(14-8-9-14)12-18(23-19)21-13-15-6-4-5-7-17(15)25-3/h4-7,12,14H,8-11,13H2,1-3H3,(H2,20,21,22,23). The van der Waals surface area contributed by atoms with E-state index < -0.39 is 0 Å². The molecule has 25 heavy (non-hydrogen) atoms. The Morgan fingerprint density at radius 3 is 2.68 bits per heavy atom. The Bertz CT molecular complexity index is 700. The average molecular weight is 341 g/mol. The quantitative estimate of drug-likeness (QED) is 0.731. The predicted octanol–water partition coefficient (Wildman–Crippen LogP) is 2.95. The highest BCUT2D eigenvalue weighted by Crippen LogP contribution is 2.39. The van der Waals surface area contributed by atoms with E-state index >= 15 is 0 Å². The van der Waals surface area contributed by atoms with Crippen LogP contribution in [0.15, 0.2) is 30.3 Å². The first-order valence-electron chi connectivity index (χ1n) is 8.79. The zero-order valence-corrected chi connectivity index (χ0v) is 15.2. The van der Waals surface area contributed by atoms with E-state index in [4.69, 9.17) is 4.74 Å². The smallest absolute Gasteiger partial charge is 0.224 e. The third-order valence-corrected chi connectivity index (χ3v) is 4.24. The highest BCUT2D eigenvalue weighted by Gasteiger charge is 2.26. The summed E-state index contributed by atoms with van der Waals surface area (Å²) >= 11 is 0. The van der Waals surface area contributed by atoms with E-state index in [9.17, 15) is 0 Å². The largest absolute Gasteiger partial charge is 0.496 e. The SMILES string of the molecule is COc1ccccc1CNc1cc(C2CC2)nc(NCCN(C)C)n1. The lowest BCUT2D eigenvalue weighted by Gasteiger charge is -2.14. The third kappa shape index (κ3) is 5.06. The van der Waals surface area contributed by atoms with Crippen LogP contribution in [-0.4, -0.2) is 49.2 Å². The molecule has 0 saturated heterocycles. The van der Waals surface area contributed by atoms with Crippen molar-refractivity contribution < 1.29 is 4.74 Å². The van der Waals surface area contributed by atoms with Crippen LogP contribution in [-0.2, 0) is 6.54 Å². The topological polar surface area (TPSA) is 62.3 Å². The van der Waals surface area contributed by atoms with Gasteiger partial charge in [-0.05, 0) is 33.0 Å². The number of nitrogens with one attached hydrogen (secondary N) is 2. The maximum atomic E-state index is 5.42. The molecule has 0 aliphatic heterocycles. The number of nitrogens with zero attached hydrogens (tertiary/aromatic N) is 3. The molecule has 3 rings (SSSR count). The lowest BCUT2D eigenvalue weighted by molar-refractivity contribution is 0.410. The fraction of sp³-hybridized carbons (Fsp3) is 0.474. The molecule has 1 aromatic carbocycles. The minimum absolute atomic E-state index is 0.587. The van der Waals surface area contributed by atoms with Crippen molar-refractivity contribution >= 4 is 11.8 Å². The second kappa shape index (κ2) is 8.16. The third-order valence-electron chi connectivity index (χ3n) is 4.24. The monoisotopic (exact) mass is 341 g/mol. The molecule has 2 aromatic rings. The van der Waals surface area contributed by atoms with Crippen molar-refractivity contribution in [3.05, 3.63) is 41.6 Å². The molecule has 6 heteroatoms. The summed E-state index contributed by atoms with van der Waals surface area (Å²) < 4.78 is 5.42. The van der Waals surface area contributed by atoms with Gasteiger partial charge in [0.25, 0.3) is 0 Å². The lowest BCUT2D eigenvalue weighted by atomic mass is 10.2. The van der Waals surface area contributed by atoms with Gasteiger partial charge in [0.2, 0.25) is 5.95 Å². The molecule has 0 radical (unpaired) electrons. The van der Waals surface area contributed by atoms with Crippen molar-refractivity contribution in [2.45, 2.75) is 25.3 Å². The number of hydrogen-bond acceptors (Lipinski definition) is 6. The molecule has 6 nitrogen and oxygen atoms in total. The van der Waals surface area contributed by atoms with E-state index in [2.05, 4.69) is 51.7 Å². The Morgan fingerprint density at radius 1 is 1.16 bits per heavy atom. The summed E-state index contributed by atoms with van der Waals surface area (Å²) in [5.41, 5.74) is 2.24. The van der Waals surface area contributed by atoms with Gasteiger partial charge in [-0.2, -0.15) is 4.98 Å². The zero-order chi connectivity index (χ0) is 17.6. The molecule has 0 unspecified atom stereocenters. The van der Waals surface area contributed by atoms with Crippen LogP contribution in [0.5, 0.6) is 5.75 Å². The number of aromatic nitrogens is 2. The van der Waals surface area contributed by atoms with Crippen LogP contribution >= 0.6 is 0 Å². The van der Waals surface area contributed by atoms with E-state index in [1.165, 1.54) is 12.8 Å². The molecule has 1 aliphatic carbocycles. The second-order valence-electron chi connectivity index (χ2n) is 6.67. The summed E-state index contributed by atoms with van der Waals surface area (Å²) in [5, 5.41) is 6.75. The number of rotatable bonds is 9. The lowest BCUT2D eigenvalue weighted by Crippen LogP contribution is -2.21. The van der Waals surface area contributed by atoms with Gasteiger partial charge in [-0.3, -0.25) is 0 Å². The first kappa shape index (κ1) is 17.5. The zero-order valence-electron chi connectivity index (χ0n) is 15.2. The maximum absolute atomic E-state index is 5.42. The van der Waals surface area contributed by atoms with Crippen molar-refractivity contribution in [1.29, 1.82) is 0 Å². The van der Waals surface area contributed by atoms with E-state index in [1.807, 2.05) is 18.2 Å². The van der Waals surface area contributed by atoms with Gasteiger partial charge in [-0.15, -0.1) is 0 Å². The molecule has 0 amide bonds. The van der Waals surface area contributed by atoms with Gasteiger partial charge in [0, 0.05) is 37.2 Å². The Balaban J connectivity index is 1.70. The van der Waals surface area contributed by atoms with Crippen LogP contribution in [0.3, 0.4) is 0 Å². The predicted molar refractivity (Wildman–Crippen MR) is 101 cm³/mol. The highest BCUT2D eigenvalue weighted by atomic mass is 16.5. The van der Waals surface area contributed by atoms with Crippen LogP contribution in [0.1, 0.15) is 30.0 Å². The number of hydrogen-bond donors (Lipinski definition) is 2. The Kier molecular flexibility index (Phi) is 5.71. The molecule has 1 aliphatic rings. The normalized spacial score (nSPS) is 13.8. The van der Waals surface area contributed by atoms with Crippen molar-refractivity contribution in [3.63, 3.8) is 0 Å². The summed E-state index contributed by atoms with van der Waals surface area (Å²) in [6.07, 6.45) is 2.44. The molecular weight excluding hydrogens is 314 g/mol. The molecular formula is C19H27N5O. The van der Waals surface area contributed by atoms with E-state index in [1.54, 1.807) is 7.11 Å². The van der Waals surface area contributed by atoms with Crippen LogP contribution < -0.4 is 15.4 Å². The molecule has 0 spiro atoms. The van der Waals surface area contributed by atoms with Crippen LogP contribution in [0.2, 0.25) is 0 Å². The number of ether oxygens (including phenoxy) is 1. The second-order valence-corrected chi connectivity index (χ2v) is 6.67. The van der Waals surface area contributed by atoms with Gasteiger partial charge in [0.1, 0.15) is 11.6 Å². The summed E-state index contributed by atoms with van der Waals surface area (Å²) in [5.74, 6) is 3.03. The first-order chi connectivity index (χ1) is 12.2. The molecule has 0 atom stereocenters. The maximum Gasteiger partial charge on any atom is 0.224 e. The number of methoxy groups -OCH3 is 1. The summed E-state index contributed by atoms with van der Waals surface area (Å²) in [6, 6.07) is 10.1. The van der Waals surface area contributed by atoms with Crippen LogP contribution in [0.25, 0.3) is 0 Å². The van der Waals surface area contributed by atoms with Gasteiger partial charge in [-0.25, -0.2) is 4.98 Å². The van der Waals surface area contributed by atoms with E-state index in [0.29, 0.717) is 18.4 Å². The molecule has 1 fully saturated rings. The molecule has 1 heterocycles. The van der Waals surface area contributed by atoms with Crippen molar-refractivity contribution in [2.75, 3.05) is 44.9 Å². The van der Waals surface area contributed by atoms with E-state index in [-0.39, 0.29) is 0 Å². The summed E-state index contributed by atoms with van der Waals surface area (Å²) in [6.45, 7) is 2.44. The Morgan fingerprint density at radius 2 is 1.96 bits per heavy atom. The van der Waals surface area contributed by atoms with Gasteiger partial charge in [-0.1, -0.05) is 18.2 Å². The van der Waals surface area contributed by atoms with Crippen molar-refractivity contribution in [1.82, 2.24) is 14.9 Å². The van der Waals surface area contributed by atoms with Crippen molar-refractivity contribution in [2.24, 2.45) is 0 Å².